The molecule has 34 heavy (non-hydrogen) atoms. The first kappa shape index (κ1) is 35.2. The van der Waals surface area contributed by atoms with E-state index in [2.05, 4.69) is 62.6 Å². The van der Waals surface area contributed by atoms with E-state index in [4.69, 9.17) is 16.3 Å². The summed E-state index contributed by atoms with van der Waals surface area (Å²) in [5.74, 6) is 0.940. The zero-order valence-electron chi connectivity index (χ0n) is 25.0. The van der Waals surface area contributed by atoms with Crippen LogP contribution in [-0.2, 0) is 6.42 Å². The molecule has 1 aliphatic rings. The third kappa shape index (κ3) is 13.2. The maximum absolute atomic E-state index is 6.95. The van der Waals surface area contributed by atoms with E-state index in [-0.39, 0.29) is 10.3 Å². The summed E-state index contributed by atoms with van der Waals surface area (Å²) in [4.78, 5) is 4.93. The van der Waals surface area contributed by atoms with Crippen LogP contribution in [0.1, 0.15) is 107 Å². The fourth-order valence-corrected chi connectivity index (χ4v) is 4.77. The Morgan fingerprint density at radius 3 is 1.94 bits per heavy atom. The number of halogens is 1. The van der Waals surface area contributed by atoms with Gasteiger partial charge in [-0.25, -0.2) is 0 Å². The molecule has 202 valence electrons. The summed E-state index contributed by atoms with van der Waals surface area (Å²) in [5.41, 5.74) is 3.01. The van der Waals surface area contributed by atoms with Gasteiger partial charge in [0.2, 0.25) is 0 Å². The summed E-state index contributed by atoms with van der Waals surface area (Å²) in [6.45, 7) is 29.0. The van der Waals surface area contributed by atoms with Crippen LogP contribution < -0.4 is 9.64 Å². The molecule has 4 heteroatoms. The average molecular weight is 499 g/mol. The smallest absolute Gasteiger partial charge is 0.120 e. The van der Waals surface area contributed by atoms with Gasteiger partial charge in [-0.05, 0) is 56.2 Å². The van der Waals surface area contributed by atoms with Crippen molar-refractivity contribution in [3.63, 3.8) is 0 Å². The molecule has 1 fully saturated rings. The minimum Gasteiger partial charge on any atom is -0.497 e. The van der Waals surface area contributed by atoms with E-state index in [1.807, 2.05) is 41.5 Å². The molecule has 0 aliphatic carbocycles. The van der Waals surface area contributed by atoms with E-state index < -0.39 is 0 Å². The topological polar surface area (TPSA) is 15.7 Å². The van der Waals surface area contributed by atoms with Crippen molar-refractivity contribution in [3.8, 4) is 5.75 Å². The fourth-order valence-electron chi connectivity index (χ4n) is 4.31. The van der Waals surface area contributed by atoms with E-state index in [1.54, 1.807) is 7.11 Å². The molecule has 2 rings (SSSR count). The Balaban J connectivity index is 0. The Hall–Kier alpha value is -0.930. The van der Waals surface area contributed by atoms with Gasteiger partial charge in [0, 0.05) is 42.8 Å². The van der Waals surface area contributed by atoms with Crippen LogP contribution in [0.4, 0.5) is 5.69 Å². The van der Waals surface area contributed by atoms with Gasteiger partial charge in [0.25, 0.3) is 0 Å². The Labute approximate surface area is 219 Å². The van der Waals surface area contributed by atoms with Crippen molar-refractivity contribution in [1.29, 1.82) is 0 Å². The molecule has 1 heterocycles. The van der Waals surface area contributed by atoms with Crippen LogP contribution in [0.25, 0.3) is 0 Å². The molecule has 3 nitrogen and oxygen atoms in total. The van der Waals surface area contributed by atoms with E-state index in [0.717, 1.165) is 57.6 Å². The number of benzene rings is 1. The highest BCUT2D eigenvalue weighted by Crippen LogP contribution is 2.38. The number of nitrogens with zero attached hydrogens (tertiary/aromatic N) is 2. The summed E-state index contributed by atoms with van der Waals surface area (Å²) < 4.78 is 5.52. The molecule has 0 N–H and O–H groups in total. The number of aryl methyl sites for hydroxylation is 1. The zero-order valence-corrected chi connectivity index (χ0v) is 25.7. The first-order valence-corrected chi connectivity index (χ1v) is 14.4. The number of ether oxygens (including phenoxy) is 1. The first-order chi connectivity index (χ1) is 16.2. The van der Waals surface area contributed by atoms with Gasteiger partial charge in [-0.3, -0.25) is 4.90 Å². The van der Waals surface area contributed by atoms with E-state index in [0.29, 0.717) is 0 Å². The monoisotopic (exact) mass is 498 g/mol. The largest absolute Gasteiger partial charge is 0.497 e. The normalized spacial score (nSPS) is 15.5. The number of piperazine rings is 1. The fraction of sp³-hybridized carbons (Fsp3) is 0.800. The van der Waals surface area contributed by atoms with Gasteiger partial charge >= 0.3 is 0 Å². The summed E-state index contributed by atoms with van der Waals surface area (Å²) >= 11 is 6.95. The molecule has 1 unspecified atom stereocenters. The number of hydrogen-bond donors (Lipinski definition) is 0. The second-order valence-electron chi connectivity index (χ2n) is 9.43. The van der Waals surface area contributed by atoms with Crippen LogP contribution in [0, 0.1) is 5.41 Å². The van der Waals surface area contributed by atoms with Crippen molar-refractivity contribution >= 4 is 17.3 Å². The molecule has 1 saturated heterocycles. The quantitative estimate of drug-likeness (QED) is 0.299. The molecule has 0 amide bonds. The number of methoxy groups -OCH3 is 1. The number of hydrogen-bond acceptors (Lipinski definition) is 3. The van der Waals surface area contributed by atoms with Crippen LogP contribution in [0.2, 0.25) is 0 Å². The van der Waals surface area contributed by atoms with Crippen molar-refractivity contribution < 1.29 is 4.74 Å². The highest BCUT2D eigenvalue weighted by Gasteiger charge is 2.30. The lowest BCUT2D eigenvalue weighted by Gasteiger charge is -2.37. The second kappa shape index (κ2) is 19.3. The molecule has 0 saturated carbocycles. The third-order valence-corrected chi connectivity index (χ3v) is 6.59. The molecule has 0 spiro atoms. The molecule has 1 aliphatic heterocycles. The van der Waals surface area contributed by atoms with Gasteiger partial charge in [-0.2, -0.15) is 0 Å². The van der Waals surface area contributed by atoms with E-state index in [9.17, 15) is 0 Å². The Morgan fingerprint density at radius 2 is 1.47 bits per heavy atom. The van der Waals surface area contributed by atoms with Crippen LogP contribution in [-0.4, -0.2) is 49.6 Å². The predicted octanol–water partition coefficient (Wildman–Crippen LogP) is 9.06. The highest BCUT2D eigenvalue weighted by molar-refractivity contribution is 6.23. The van der Waals surface area contributed by atoms with Gasteiger partial charge in [-0.15, -0.1) is 11.6 Å². The summed E-state index contributed by atoms with van der Waals surface area (Å²) in [5, 5.41) is 0. The van der Waals surface area contributed by atoms with Gasteiger partial charge < -0.3 is 9.64 Å². The number of alkyl halides is 1. The lowest BCUT2D eigenvalue weighted by Crippen LogP contribution is -2.46. The third-order valence-electron chi connectivity index (χ3n) is 6.27. The van der Waals surface area contributed by atoms with Gasteiger partial charge in [-0.1, -0.05) is 81.7 Å². The minimum atomic E-state index is -0.170. The standard InChI is InChI=1S/C24H41ClN2O.3C2H6/c1-7-13-26-14-16-27(17-15-26)22-18-21(28-6)10-9-20(22)11-12-24(5,25)19-23(3,4)8-2;3*1-2/h9-10,18H,7-8,11-17,19H2,1-6H3;3*1-2H3. The van der Waals surface area contributed by atoms with Crippen molar-refractivity contribution in [3.05, 3.63) is 23.8 Å². The van der Waals surface area contributed by atoms with Crippen LogP contribution in [0.15, 0.2) is 18.2 Å². The lowest BCUT2D eigenvalue weighted by molar-refractivity contribution is 0.258. The Kier molecular flexibility index (Phi) is 20.0. The molecular formula is C30H59ClN2O. The highest BCUT2D eigenvalue weighted by atomic mass is 35.5. The zero-order chi connectivity index (χ0) is 26.8. The average Bonchev–Trinajstić information content (AvgIpc) is 2.86. The number of rotatable bonds is 10. The van der Waals surface area contributed by atoms with Crippen molar-refractivity contribution in [2.45, 2.75) is 113 Å². The lowest BCUT2D eigenvalue weighted by atomic mass is 9.79. The van der Waals surface area contributed by atoms with Gasteiger partial charge in [0.1, 0.15) is 5.75 Å². The van der Waals surface area contributed by atoms with Crippen LogP contribution >= 0.6 is 11.6 Å². The minimum absolute atomic E-state index is 0.170. The van der Waals surface area contributed by atoms with Crippen LogP contribution in [0.5, 0.6) is 5.75 Å². The Morgan fingerprint density at radius 1 is 0.912 bits per heavy atom. The first-order valence-electron chi connectivity index (χ1n) is 14.0. The van der Waals surface area contributed by atoms with Gasteiger partial charge in [0.15, 0.2) is 0 Å². The Bertz CT molecular complexity index is 608. The van der Waals surface area contributed by atoms with Crippen molar-refractivity contribution in [1.82, 2.24) is 4.90 Å². The van der Waals surface area contributed by atoms with Crippen LogP contribution in [0.3, 0.4) is 0 Å². The molecule has 1 aromatic carbocycles. The maximum atomic E-state index is 6.95. The maximum Gasteiger partial charge on any atom is 0.120 e. The molecular weight excluding hydrogens is 440 g/mol. The van der Waals surface area contributed by atoms with Crippen molar-refractivity contribution in [2.75, 3.05) is 44.7 Å². The van der Waals surface area contributed by atoms with E-state index >= 15 is 0 Å². The summed E-state index contributed by atoms with van der Waals surface area (Å²) in [7, 11) is 1.75. The second-order valence-corrected chi connectivity index (χ2v) is 10.3. The molecule has 1 atom stereocenters. The van der Waals surface area contributed by atoms with Crippen molar-refractivity contribution in [2.24, 2.45) is 5.41 Å². The summed E-state index contributed by atoms with van der Waals surface area (Å²) in [6, 6.07) is 6.55. The SMILES string of the molecule is CC.CC.CC.CCCN1CCN(c2cc(OC)ccc2CCC(C)(Cl)CC(C)(C)CC)CC1. The summed E-state index contributed by atoms with van der Waals surface area (Å²) in [6.07, 6.45) is 5.43. The molecule has 0 radical (unpaired) electrons. The molecule has 0 bridgehead atoms. The molecule has 1 aromatic rings. The molecule has 0 aromatic heterocycles. The predicted molar refractivity (Wildman–Crippen MR) is 157 cm³/mol. The van der Waals surface area contributed by atoms with E-state index in [1.165, 1.54) is 24.2 Å². The van der Waals surface area contributed by atoms with Gasteiger partial charge in [0.05, 0.1) is 7.11 Å². The number of anilines is 1.